The first-order valence-corrected chi connectivity index (χ1v) is 4.74. The largest absolute Gasteiger partial charge is 0.347 e. The fraction of sp³-hybridized carbons (Fsp3) is 1.00. The summed E-state index contributed by atoms with van der Waals surface area (Å²) in [7, 11) is 0. The van der Waals surface area contributed by atoms with Crippen LogP contribution in [0, 0.1) is 11.8 Å². The summed E-state index contributed by atoms with van der Waals surface area (Å²) >= 11 is 0. The van der Waals surface area contributed by atoms with Crippen molar-refractivity contribution in [3.05, 3.63) is 0 Å². The maximum absolute atomic E-state index is 5.74. The molecule has 0 aliphatic carbocycles. The Kier molecular flexibility index (Phi) is 2.10. The predicted molar refractivity (Wildman–Crippen MR) is 45.8 cm³/mol. The summed E-state index contributed by atoms with van der Waals surface area (Å²) in [5.41, 5.74) is 0. The molecule has 2 aliphatic heterocycles. The fourth-order valence-electron chi connectivity index (χ4n) is 2.30. The van der Waals surface area contributed by atoms with Crippen LogP contribution in [0.25, 0.3) is 0 Å². The highest BCUT2D eigenvalue weighted by Crippen LogP contribution is 2.37. The minimum atomic E-state index is -0.273. The minimum absolute atomic E-state index is 0.273. The fourth-order valence-corrected chi connectivity index (χ4v) is 2.30. The van der Waals surface area contributed by atoms with E-state index in [0.717, 1.165) is 26.3 Å². The van der Waals surface area contributed by atoms with Gasteiger partial charge in [0.2, 0.25) is 0 Å². The van der Waals surface area contributed by atoms with Crippen LogP contribution in [0.4, 0.5) is 0 Å². The molecule has 0 saturated carbocycles. The lowest BCUT2D eigenvalue weighted by molar-refractivity contribution is -0.232. The highest BCUT2D eigenvalue weighted by atomic mass is 16.7. The summed E-state index contributed by atoms with van der Waals surface area (Å²) in [4.78, 5) is 0. The van der Waals surface area contributed by atoms with Gasteiger partial charge in [-0.15, -0.1) is 0 Å². The van der Waals surface area contributed by atoms with E-state index >= 15 is 0 Å². The minimum Gasteiger partial charge on any atom is -0.347 e. The average Bonchev–Trinajstić information content (AvgIpc) is 2.50. The zero-order valence-corrected chi connectivity index (χ0v) is 7.80. The van der Waals surface area contributed by atoms with E-state index in [1.54, 1.807) is 0 Å². The number of hydrogen-bond donors (Lipinski definition) is 1. The van der Waals surface area contributed by atoms with Gasteiger partial charge in [0.05, 0.1) is 13.2 Å². The third-order valence-electron chi connectivity index (χ3n) is 3.01. The van der Waals surface area contributed by atoms with Crippen molar-refractivity contribution in [2.75, 3.05) is 26.3 Å². The summed E-state index contributed by atoms with van der Waals surface area (Å²) in [6.07, 6.45) is 0. The van der Waals surface area contributed by atoms with E-state index in [4.69, 9.17) is 9.47 Å². The maximum atomic E-state index is 5.74. The number of nitrogens with one attached hydrogen (secondary N) is 1. The second-order valence-corrected chi connectivity index (χ2v) is 3.88. The van der Waals surface area contributed by atoms with Crippen molar-refractivity contribution in [2.24, 2.45) is 11.8 Å². The van der Waals surface area contributed by atoms with Crippen molar-refractivity contribution < 1.29 is 9.47 Å². The summed E-state index contributed by atoms with van der Waals surface area (Å²) in [6.45, 7) is 7.90. The second-order valence-electron chi connectivity index (χ2n) is 3.88. The Hall–Kier alpha value is -0.120. The molecule has 2 aliphatic rings. The van der Waals surface area contributed by atoms with Gasteiger partial charge >= 0.3 is 0 Å². The van der Waals surface area contributed by atoms with Crippen molar-refractivity contribution in [2.45, 2.75) is 19.6 Å². The predicted octanol–water partition coefficient (Wildman–Crippen LogP) is 0.605. The Morgan fingerprint density at radius 1 is 1.08 bits per heavy atom. The quantitative estimate of drug-likeness (QED) is 0.579. The monoisotopic (exact) mass is 171 g/mol. The molecule has 0 aromatic rings. The van der Waals surface area contributed by atoms with E-state index in [-0.39, 0.29) is 5.79 Å². The lowest BCUT2D eigenvalue weighted by Gasteiger charge is -2.42. The van der Waals surface area contributed by atoms with Crippen LogP contribution in [0.3, 0.4) is 0 Å². The van der Waals surface area contributed by atoms with E-state index in [0.29, 0.717) is 11.8 Å². The molecule has 70 valence electrons. The van der Waals surface area contributed by atoms with Crippen LogP contribution in [0.15, 0.2) is 0 Å². The zero-order chi connectivity index (χ0) is 8.60. The van der Waals surface area contributed by atoms with E-state index in [1.807, 2.05) is 0 Å². The topological polar surface area (TPSA) is 30.5 Å². The van der Waals surface area contributed by atoms with Crippen LogP contribution in [0.1, 0.15) is 13.8 Å². The Morgan fingerprint density at radius 2 is 1.58 bits per heavy atom. The van der Waals surface area contributed by atoms with E-state index in [2.05, 4.69) is 19.2 Å². The molecule has 2 saturated heterocycles. The molecule has 0 aromatic heterocycles. The molecule has 0 amide bonds. The molecule has 1 spiro atoms. The normalized spacial score (nSPS) is 40.5. The lowest BCUT2D eigenvalue weighted by Crippen LogP contribution is -2.55. The molecule has 2 unspecified atom stereocenters. The highest BCUT2D eigenvalue weighted by Gasteiger charge is 2.48. The van der Waals surface area contributed by atoms with Crippen LogP contribution in [0.5, 0.6) is 0 Å². The van der Waals surface area contributed by atoms with Crippen LogP contribution < -0.4 is 5.32 Å². The first-order valence-electron chi connectivity index (χ1n) is 4.74. The molecule has 2 atom stereocenters. The zero-order valence-electron chi connectivity index (χ0n) is 7.80. The molecule has 2 fully saturated rings. The third-order valence-corrected chi connectivity index (χ3v) is 3.01. The van der Waals surface area contributed by atoms with Gasteiger partial charge in [0.15, 0.2) is 5.79 Å². The second kappa shape index (κ2) is 2.98. The molecule has 0 radical (unpaired) electrons. The van der Waals surface area contributed by atoms with Crippen molar-refractivity contribution in [3.63, 3.8) is 0 Å². The van der Waals surface area contributed by atoms with Crippen LogP contribution in [0.2, 0.25) is 0 Å². The van der Waals surface area contributed by atoms with Crippen LogP contribution >= 0.6 is 0 Å². The Balaban J connectivity index is 2.16. The molecule has 3 nitrogen and oxygen atoms in total. The Morgan fingerprint density at radius 3 is 2.08 bits per heavy atom. The summed E-state index contributed by atoms with van der Waals surface area (Å²) in [6, 6.07) is 0. The van der Waals surface area contributed by atoms with Gasteiger partial charge < -0.3 is 14.8 Å². The summed E-state index contributed by atoms with van der Waals surface area (Å²) < 4.78 is 11.5. The first-order chi connectivity index (χ1) is 5.76. The average molecular weight is 171 g/mol. The van der Waals surface area contributed by atoms with Gasteiger partial charge in [-0.25, -0.2) is 0 Å². The van der Waals surface area contributed by atoms with Crippen LogP contribution in [-0.4, -0.2) is 32.1 Å². The lowest BCUT2D eigenvalue weighted by atomic mass is 9.85. The molecular formula is C9H17NO2. The molecule has 2 rings (SSSR count). The van der Waals surface area contributed by atoms with Gasteiger partial charge in [-0.1, -0.05) is 13.8 Å². The molecule has 0 bridgehead atoms. The third kappa shape index (κ3) is 1.08. The SMILES string of the molecule is CC1CNCC(C)C12OCCO2. The van der Waals surface area contributed by atoms with Gasteiger partial charge in [-0.3, -0.25) is 0 Å². The Labute approximate surface area is 73.4 Å². The van der Waals surface area contributed by atoms with Gasteiger partial charge in [0.1, 0.15) is 0 Å². The molecule has 2 heterocycles. The van der Waals surface area contributed by atoms with E-state index < -0.39 is 0 Å². The molecule has 12 heavy (non-hydrogen) atoms. The standard InChI is InChI=1S/C9H17NO2/c1-7-5-10-6-8(2)9(7)11-3-4-12-9/h7-8,10H,3-6H2,1-2H3. The molecule has 3 heteroatoms. The highest BCUT2D eigenvalue weighted by molar-refractivity contribution is 4.91. The summed E-state index contributed by atoms with van der Waals surface area (Å²) in [5.74, 6) is 0.651. The van der Waals surface area contributed by atoms with Gasteiger partial charge in [-0.05, 0) is 0 Å². The maximum Gasteiger partial charge on any atom is 0.175 e. The van der Waals surface area contributed by atoms with Gasteiger partial charge in [0, 0.05) is 24.9 Å². The van der Waals surface area contributed by atoms with Gasteiger partial charge in [0.25, 0.3) is 0 Å². The van der Waals surface area contributed by atoms with Crippen molar-refractivity contribution in [1.82, 2.24) is 5.32 Å². The van der Waals surface area contributed by atoms with E-state index in [1.165, 1.54) is 0 Å². The number of hydrogen-bond acceptors (Lipinski definition) is 3. The van der Waals surface area contributed by atoms with Crippen molar-refractivity contribution in [1.29, 1.82) is 0 Å². The van der Waals surface area contributed by atoms with Crippen molar-refractivity contribution >= 4 is 0 Å². The number of ether oxygens (including phenoxy) is 2. The smallest absolute Gasteiger partial charge is 0.175 e. The number of rotatable bonds is 0. The van der Waals surface area contributed by atoms with Gasteiger partial charge in [-0.2, -0.15) is 0 Å². The van der Waals surface area contributed by atoms with Crippen LogP contribution in [-0.2, 0) is 9.47 Å². The Bertz CT molecular complexity index is 154. The molecule has 0 aromatic carbocycles. The van der Waals surface area contributed by atoms with Crippen molar-refractivity contribution in [3.8, 4) is 0 Å². The first kappa shape index (κ1) is 8.48. The molecular weight excluding hydrogens is 154 g/mol. The molecule has 1 N–H and O–H groups in total. The summed E-state index contributed by atoms with van der Waals surface area (Å²) in [5, 5.41) is 3.38. The van der Waals surface area contributed by atoms with E-state index in [9.17, 15) is 0 Å². The number of piperidine rings is 1.